The predicted molar refractivity (Wildman–Crippen MR) is 139 cm³/mol. The third-order valence-corrected chi connectivity index (χ3v) is 6.45. The SMILES string of the molecule is O=C(Cc1ccc(Cl)cc1)NCCCCCc1nc2ccccc2n1Cc1ccc(Br)cc1. The fourth-order valence-electron chi connectivity index (χ4n) is 3.93. The molecule has 4 nitrogen and oxygen atoms in total. The van der Waals surface area contributed by atoms with Gasteiger partial charge in [0.2, 0.25) is 5.91 Å². The summed E-state index contributed by atoms with van der Waals surface area (Å²) >= 11 is 9.41. The van der Waals surface area contributed by atoms with Crippen LogP contribution in [0.4, 0.5) is 0 Å². The van der Waals surface area contributed by atoms with Gasteiger partial charge in [-0.05, 0) is 60.4 Å². The molecule has 6 heteroatoms. The Balaban J connectivity index is 1.27. The smallest absolute Gasteiger partial charge is 0.224 e. The zero-order valence-electron chi connectivity index (χ0n) is 18.4. The molecule has 33 heavy (non-hydrogen) atoms. The molecule has 0 aliphatic heterocycles. The van der Waals surface area contributed by atoms with Crippen molar-refractivity contribution in [2.45, 2.75) is 38.6 Å². The van der Waals surface area contributed by atoms with Crippen molar-refractivity contribution in [2.24, 2.45) is 0 Å². The number of fused-ring (bicyclic) bond motifs is 1. The van der Waals surface area contributed by atoms with Gasteiger partial charge in [0.15, 0.2) is 0 Å². The molecule has 3 aromatic carbocycles. The maximum atomic E-state index is 12.1. The number of nitrogens with zero attached hydrogens (tertiary/aromatic N) is 2. The molecule has 0 bridgehead atoms. The molecule has 0 spiro atoms. The number of hydrogen-bond acceptors (Lipinski definition) is 2. The Kier molecular flexibility index (Phi) is 8.19. The minimum Gasteiger partial charge on any atom is -0.356 e. The number of para-hydroxylation sites is 2. The van der Waals surface area contributed by atoms with Gasteiger partial charge in [-0.1, -0.05) is 70.3 Å². The fraction of sp³-hybridized carbons (Fsp3) is 0.259. The van der Waals surface area contributed by atoms with Gasteiger partial charge in [-0.3, -0.25) is 4.79 Å². The van der Waals surface area contributed by atoms with Gasteiger partial charge in [0.25, 0.3) is 0 Å². The van der Waals surface area contributed by atoms with Crippen molar-refractivity contribution in [3.8, 4) is 0 Å². The molecular weight excluding hydrogens is 498 g/mol. The second-order valence-corrected chi connectivity index (χ2v) is 9.55. The molecule has 1 amide bonds. The number of benzene rings is 3. The van der Waals surface area contributed by atoms with E-state index in [1.807, 2.05) is 30.3 Å². The minimum absolute atomic E-state index is 0.0496. The van der Waals surface area contributed by atoms with Crippen LogP contribution >= 0.6 is 27.5 Å². The highest BCUT2D eigenvalue weighted by Gasteiger charge is 2.11. The molecule has 0 unspecified atom stereocenters. The third-order valence-electron chi connectivity index (χ3n) is 5.66. The molecule has 0 fully saturated rings. The van der Waals surface area contributed by atoms with E-state index < -0.39 is 0 Å². The van der Waals surface area contributed by atoms with E-state index in [9.17, 15) is 4.79 Å². The first-order chi connectivity index (χ1) is 16.1. The van der Waals surface area contributed by atoms with Crippen molar-refractivity contribution in [1.82, 2.24) is 14.9 Å². The van der Waals surface area contributed by atoms with E-state index in [-0.39, 0.29) is 5.91 Å². The van der Waals surface area contributed by atoms with Crippen molar-refractivity contribution in [3.63, 3.8) is 0 Å². The number of imidazole rings is 1. The highest BCUT2D eigenvalue weighted by molar-refractivity contribution is 9.10. The number of carbonyl (C=O) groups excluding carboxylic acids is 1. The van der Waals surface area contributed by atoms with Crippen LogP contribution < -0.4 is 5.32 Å². The number of nitrogens with one attached hydrogen (secondary N) is 1. The molecule has 0 aliphatic carbocycles. The second kappa shape index (κ2) is 11.5. The maximum absolute atomic E-state index is 12.1. The third kappa shape index (κ3) is 6.68. The van der Waals surface area contributed by atoms with Crippen LogP contribution in [0.5, 0.6) is 0 Å². The van der Waals surface area contributed by atoms with Crippen LogP contribution in [0.15, 0.2) is 77.3 Å². The van der Waals surface area contributed by atoms with E-state index in [1.165, 1.54) is 11.1 Å². The van der Waals surface area contributed by atoms with E-state index >= 15 is 0 Å². The van der Waals surface area contributed by atoms with Crippen LogP contribution in [0.1, 0.15) is 36.2 Å². The lowest BCUT2D eigenvalue weighted by atomic mass is 10.1. The number of aryl methyl sites for hydroxylation is 1. The highest BCUT2D eigenvalue weighted by atomic mass is 79.9. The number of rotatable bonds is 10. The molecule has 0 aliphatic rings. The average molecular weight is 525 g/mol. The Morgan fingerprint density at radius 2 is 1.64 bits per heavy atom. The van der Waals surface area contributed by atoms with Crippen molar-refractivity contribution in [1.29, 1.82) is 0 Å². The van der Waals surface area contributed by atoms with E-state index in [4.69, 9.17) is 16.6 Å². The van der Waals surface area contributed by atoms with Crippen LogP contribution in [0.25, 0.3) is 11.0 Å². The molecule has 1 N–H and O–H groups in total. The summed E-state index contributed by atoms with van der Waals surface area (Å²) in [7, 11) is 0. The van der Waals surface area contributed by atoms with Crippen LogP contribution in [0.2, 0.25) is 5.02 Å². The summed E-state index contributed by atoms with van der Waals surface area (Å²) in [5.41, 5.74) is 4.44. The van der Waals surface area contributed by atoms with E-state index in [0.717, 1.165) is 53.6 Å². The molecule has 170 valence electrons. The maximum Gasteiger partial charge on any atom is 0.224 e. The Hall–Kier alpha value is -2.63. The molecule has 1 heterocycles. The van der Waals surface area contributed by atoms with Gasteiger partial charge in [-0.15, -0.1) is 0 Å². The molecule has 0 saturated carbocycles. The van der Waals surface area contributed by atoms with Crippen molar-refractivity contribution >= 4 is 44.5 Å². The lowest BCUT2D eigenvalue weighted by Gasteiger charge is -2.10. The summed E-state index contributed by atoms with van der Waals surface area (Å²) in [6.45, 7) is 1.51. The number of unbranched alkanes of at least 4 members (excludes halogenated alkanes) is 2. The van der Waals surface area contributed by atoms with E-state index in [1.54, 1.807) is 0 Å². The van der Waals surface area contributed by atoms with Gasteiger partial charge < -0.3 is 9.88 Å². The molecule has 1 aromatic heterocycles. The average Bonchev–Trinajstić information content (AvgIpc) is 3.16. The quantitative estimate of drug-likeness (QED) is 0.238. The summed E-state index contributed by atoms with van der Waals surface area (Å²) < 4.78 is 3.41. The van der Waals surface area contributed by atoms with E-state index in [2.05, 4.69) is 68.3 Å². The number of hydrogen-bond donors (Lipinski definition) is 1. The molecule has 0 radical (unpaired) electrons. The van der Waals surface area contributed by atoms with Gasteiger partial charge in [0.05, 0.1) is 17.5 Å². The molecule has 0 atom stereocenters. The van der Waals surface area contributed by atoms with Crippen LogP contribution in [0, 0.1) is 0 Å². The van der Waals surface area contributed by atoms with Crippen LogP contribution in [-0.2, 0) is 24.2 Å². The first-order valence-electron chi connectivity index (χ1n) is 11.3. The van der Waals surface area contributed by atoms with Crippen LogP contribution in [-0.4, -0.2) is 22.0 Å². The zero-order chi connectivity index (χ0) is 23.0. The molecular formula is C27H27BrClN3O. The zero-order valence-corrected chi connectivity index (χ0v) is 20.8. The Labute approximate surface area is 208 Å². The van der Waals surface area contributed by atoms with Crippen molar-refractivity contribution in [3.05, 3.63) is 99.2 Å². The Morgan fingerprint density at radius 1 is 0.909 bits per heavy atom. The topological polar surface area (TPSA) is 46.9 Å². The van der Waals surface area contributed by atoms with Crippen molar-refractivity contribution in [2.75, 3.05) is 6.54 Å². The standard InChI is InChI=1S/C27H27BrClN3O/c28-22-13-9-21(10-14-22)19-32-25-7-4-3-6-24(25)31-26(32)8-2-1-5-17-30-27(33)18-20-11-15-23(29)16-12-20/h3-4,6-7,9-16H,1-2,5,8,17-19H2,(H,30,33). The summed E-state index contributed by atoms with van der Waals surface area (Å²) in [5, 5.41) is 3.70. The largest absolute Gasteiger partial charge is 0.356 e. The van der Waals surface area contributed by atoms with Gasteiger partial charge in [-0.25, -0.2) is 4.98 Å². The molecule has 4 rings (SSSR count). The summed E-state index contributed by atoms with van der Waals surface area (Å²) in [6, 6.07) is 24.2. The minimum atomic E-state index is 0.0496. The highest BCUT2D eigenvalue weighted by Crippen LogP contribution is 2.20. The predicted octanol–water partition coefficient (Wildman–Crippen LogP) is 6.57. The monoisotopic (exact) mass is 523 g/mol. The lowest BCUT2D eigenvalue weighted by molar-refractivity contribution is -0.120. The number of carbonyl (C=O) groups is 1. The van der Waals surface area contributed by atoms with Gasteiger partial charge in [-0.2, -0.15) is 0 Å². The summed E-state index contributed by atoms with van der Waals surface area (Å²) in [5.74, 6) is 1.17. The van der Waals surface area contributed by atoms with E-state index in [0.29, 0.717) is 18.0 Å². The first-order valence-corrected chi connectivity index (χ1v) is 12.5. The number of aromatic nitrogens is 2. The van der Waals surface area contributed by atoms with Crippen molar-refractivity contribution < 1.29 is 4.79 Å². The molecule has 4 aromatic rings. The molecule has 0 saturated heterocycles. The fourth-order valence-corrected chi connectivity index (χ4v) is 4.32. The normalized spacial score (nSPS) is 11.1. The Morgan fingerprint density at radius 3 is 2.42 bits per heavy atom. The summed E-state index contributed by atoms with van der Waals surface area (Å²) in [4.78, 5) is 17.0. The lowest BCUT2D eigenvalue weighted by Crippen LogP contribution is -2.26. The second-order valence-electron chi connectivity index (χ2n) is 8.19. The van der Waals surface area contributed by atoms with Gasteiger partial charge in [0, 0.05) is 29.0 Å². The number of amides is 1. The number of halogens is 2. The Bertz CT molecular complexity index is 1200. The van der Waals surface area contributed by atoms with Gasteiger partial charge >= 0.3 is 0 Å². The van der Waals surface area contributed by atoms with Crippen LogP contribution in [0.3, 0.4) is 0 Å². The first kappa shape index (κ1) is 23.5. The van der Waals surface area contributed by atoms with Gasteiger partial charge in [0.1, 0.15) is 5.82 Å². The summed E-state index contributed by atoms with van der Waals surface area (Å²) in [6.07, 6.45) is 4.35.